The summed E-state index contributed by atoms with van der Waals surface area (Å²) in [5.74, 6) is 0.499. The van der Waals surface area contributed by atoms with Crippen LogP contribution in [0.1, 0.15) is 17.9 Å². The van der Waals surface area contributed by atoms with Crippen LogP contribution in [0.4, 0.5) is 5.13 Å². The maximum absolute atomic E-state index is 12.4. The summed E-state index contributed by atoms with van der Waals surface area (Å²) in [6, 6.07) is 20.2. The van der Waals surface area contributed by atoms with Gasteiger partial charge >= 0.3 is 0 Å². The highest BCUT2D eigenvalue weighted by Crippen LogP contribution is 2.48. The van der Waals surface area contributed by atoms with Crippen LogP contribution in [0.2, 0.25) is 0 Å². The standard InChI is InChI=1S/C19H16N2OS/c22-18(16-11-15(16)13-7-3-1-4-8-13)21-19-20-17(12-23-19)14-9-5-2-6-10-14/h1-10,12,15-16H,11H2,(H,20,21,22). The van der Waals surface area contributed by atoms with Gasteiger partial charge in [-0.1, -0.05) is 60.7 Å². The van der Waals surface area contributed by atoms with Crippen LogP contribution in [0.3, 0.4) is 0 Å². The third-order valence-corrected chi connectivity index (χ3v) is 4.92. The fourth-order valence-corrected chi connectivity index (χ4v) is 3.55. The first-order valence-electron chi connectivity index (χ1n) is 7.68. The van der Waals surface area contributed by atoms with E-state index in [-0.39, 0.29) is 11.8 Å². The van der Waals surface area contributed by atoms with Crippen LogP contribution in [0.25, 0.3) is 11.3 Å². The number of hydrogen-bond acceptors (Lipinski definition) is 3. The molecule has 1 saturated carbocycles. The fraction of sp³-hybridized carbons (Fsp3) is 0.158. The molecule has 114 valence electrons. The number of carbonyl (C=O) groups is 1. The molecule has 0 saturated heterocycles. The zero-order chi connectivity index (χ0) is 15.6. The molecule has 23 heavy (non-hydrogen) atoms. The molecule has 2 atom stereocenters. The Balaban J connectivity index is 1.42. The number of thiazole rings is 1. The first-order chi connectivity index (χ1) is 11.3. The van der Waals surface area contributed by atoms with Crippen LogP contribution in [-0.2, 0) is 4.79 Å². The maximum Gasteiger partial charge on any atom is 0.229 e. The van der Waals surface area contributed by atoms with Crippen molar-refractivity contribution in [1.82, 2.24) is 4.98 Å². The second-order valence-electron chi connectivity index (χ2n) is 5.75. The normalized spacial score (nSPS) is 19.3. The van der Waals surface area contributed by atoms with Crippen molar-refractivity contribution in [3.8, 4) is 11.3 Å². The Morgan fingerprint density at radius 3 is 2.48 bits per heavy atom. The summed E-state index contributed by atoms with van der Waals surface area (Å²) < 4.78 is 0. The van der Waals surface area contributed by atoms with Crippen LogP contribution in [0.15, 0.2) is 66.0 Å². The second-order valence-corrected chi connectivity index (χ2v) is 6.61. The largest absolute Gasteiger partial charge is 0.302 e. The highest BCUT2D eigenvalue weighted by Gasteiger charge is 2.44. The Hall–Kier alpha value is -2.46. The van der Waals surface area contributed by atoms with Gasteiger partial charge < -0.3 is 5.32 Å². The van der Waals surface area contributed by atoms with Crippen molar-refractivity contribution >= 4 is 22.4 Å². The highest BCUT2D eigenvalue weighted by atomic mass is 32.1. The Morgan fingerprint density at radius 2 is 1.74 bits per heavy atom. The van der Waals surface area contributed by atoms with Gasteiger partial charge in [0.25, 0.3) is 0 Å². The Bertz CT molecular complexity index is 814. The van der Waals surface area contributed by atoms with Crippen LogP contribution in [0.5, 0.6) is 0 Å². The van der Waals surface area contributed by atoms with Crippen molar-refractivity contribution in [2.75, 3.05) is 5.32 Å². The van der Waals surface area contributed by atoms with Crippen molar-refractivity contribution in [3.05, 3.63) is 71.6 Å². The molecule has 0 bridgehead atoms. The smallest absolute Gasteiger partial charge is 0.229 e. The number of hydrogen-bond donors (Lipinski definition) is 1. The zero-order valence-corrected chi connectivity index (χ0v) is 13.3. The SMILES string of the molecule is O=C(Nc1nc(-c2ccccc2)cs1)C1CC1c1ccccc1. The second kappa shape index (κ2) is 5.97. The molecule has 1 aliphatic rings. The number of nitrogens with zero attached hydrogens (tertiary/aromatic N) is 1. The first-order valence-corrected chi connectivity index (χ1v) is 8.56. The number of carbonyl (C=O) groups excluding carboxylic acids is 1. The number of anilines is 1. The van der Waals surface area contributed by atoms with Crippen LogP contribution >= 0.6 is 11.3 Å². The molecule has 3 nitrogen and oxygen atoms in total. The molecule has 3 aromatic rings. The number of rotatable bonds is 4. The molecule has 1 N–H and O–H groups in total. The molecular weight excluding hydrogens is 304 g/mol. The minimum atomic E-state index is 0.0708. The Labute approximate surface area is 139 Å². The molecule has 2 unspecified atom stereocenters. The fourth-order valence-electron chi connectivity index (χ4n) is 2.82. The van der Waals surface area contributed by atoms with E-state index in [9.17, 15) is 4.79 Å². The van der Waals surface area contributed by atoms with E-state index in [4.69, 9.17) is 0 Å². The molecule has 0 spiro atoms. The van der Waals surface area contributed by atoms with Crippen molar-refractivity contribution in [1.29, 1.82) is 0 Å². The molecule has 1 fully saturated rings. The lowest BCUT2D eigenvalue weighted by Crippen LogP contribution is -2.14. The average molecular weight is 320 g/mol. The van der Waals surface area contributed by atoms with Gasteiger partial charge in [-0.15, -0.1) is 11.3 Å². The molecule has 0 radical (unpaired) electrons. The van der Waals surface area contributed by atoms with E-state index in [2.05, 4.69) is 22.4 Å². The molecular formula is C19H16N2OS. The number of aromatic nitrogens is 1. The molecule has 1 heterocycles. The molecule has 4 heteroatoms. The van der Waals surface area contributed by atoms with Gasteiger partial charge in [-0.2, -0.15) is 0 Å². The van der Waals surface area contributed by atoms with Gasteiger partial charge in [0, 0.05) is 16.9 Å². The topological polar surface area (TPSA) is 42.0 Å². The quantitative estimate of drug-likeness (QED) is 0.766. The summed E-state index contributed by atoms with van der Waals surface area (Å²) in [4.78, 5) is 16.9. The van der Waals surface area contributed by atoms with Gasteiger partial charge in [0.1, 0.15) is 0 Å². The third-order valence-electron chi connectivity index (χ3n) is 4.16. The predicted molar refractivity (Wildman–Crippen MR) is 93.5 cm³/mol. The monoisotopic (exact) mass is 320 g/mol. The van der Waals surface area contributed by atoms with E-state index in [0.717, 1.165) is 17.7 Å². The van der Waals surface area contributed by atoms with Gasteiger partial charge in [-0.05, 0) is 17.9 Å². The van der Waals surface area contributed by atoms with E-state index in [0.29, 0.717) is 11.0 Å². The molecule has 1 amide bonds. The highest BCUT2D eigenvalue weighted by molar-refractivity contribution is 7.14. The molecule has 1 aliphatic carbocycles. The summed E-state index contributed by atoms with van der Waals surface area (Å²) in [6.07, 6.45) is 0.923. The lowest BCUT2D eigenvalue weighted by Gasteiger charge is -2.01. The van der Waals surface area contributed by atoms with Gasteiger partial charge in [-0.25, -0.2) is 4.98 Å². The van der Waals surface area contributed by atoms with Crippen LogP contribution in [-0.4, -0.2) is 10.9 Å². The van der Waals surface area contributed by atoms with E-state index < -0.39 is 0 Å². The number of nitrogens with one attached hydrogen (secondary N) is 1. The van der Waals surface area contributed by atoms with E-state index in [1.54, 1.807) is 0 Å². The maximum atomic E-state index is 12.4. The molecule has 1 aromatic heterocycles. The first kappa shape index (κ1) is 14.2. The zero-order valence-electron chi connectivity index (χ0n) is 12.5. The van der Waals surface area contributed by atoms with E-state index in [1.807, 2.05) is 53.9 Å². The average Bonchev–Trinajstić information content (AvgIpc) is 3.29. The Morgan fingerprint density at radius 1 is 1.04 bits per heavy atom. The van der Waals surface area contributed by atoms with Crippen molar-refractivity contribution in [2.24, 2.45) is 5.92 Å². The van der Waals surface area contributed by atoms with Crippen molar-refractivity contribution in [3.63, 3.8) is 0 Å². The third kappa shape index (κ3) is 3.03. The summed E-state index contributed by atoms with van der Waals surface area (Å²) >= 11 is 1.47. The van der Waals surface area contributed by atoms with Gasteiger partial charge in [-0.3, -0.25) is 4.79 Å². The minimum Gasteiger partial charge on any atom is -0.302 e. The lowest BCUT2D eigenvalue weighted by atomic mass is 10.1. The van der Waals surface area contributed by atoms with Crippen molar-refractivity contribution in [2.45, 2.75) is 12.3 Å². The lowest BCUT2D eigenvalue weighted by molar-refractivity contribution is -0.117. The van der Waals surface area contributed by atoms with E-state index in [1.165, 1.54) is 16.9 Å². The summed E-state index contributed by atoms with van der Waals surface area (Å²) in [5.41, 5.74) is 3.22. The molecule has 2 aromatic carbocycles. The predicted octanol–water partition coefficient (Wildman–Crippen LogP) is 4.55. The van der Waals surface area contributed by atoms with Gasteiger partial charge in [0.2, 0.25) is 5.91 Å². The van der Waals surface area contributed by atoms with Gasteiger partial charge in [0.05, 0.1) is 5.69 Å². The van der Waals surface area contributed by atoms with Gasteiger partial charge in [0.15, 0.2) is 5.13 Å². The molecule has 0 aliphatic heterocycles. The summed E-state index contributed by atoms with van der Waals surface area (Å²) in [6.45, 7) is 0. The summed E-state index contributed by atoms with van der Waals surface area (Å²) in [7, 11) is 0. The van der Waals surface area contributed by atoms with Crippen molar-refractivity contribution < 1.29 is 4.79 Å². The van der Waals surface area contributed by atoms with Crippen LogP contribution < -0.4 is 5.32 Å². The van der Waals surface area contributed by atoms with Crippen LogP contribution in [0, 0.1) is 5.92 Å². The minimum absolute atomic E-state index is 0.0708. The number of benzene rings is 2. The summed E-state index contributed by atoms with van der Waals surface area (Å²) in [5, 5.41) is 5.61. The van der Waals surface area contributed by atoms with E-state index >= 15 is 0 Å². The molecule has 4 rings (SSSR count). The Kier molecular flexibility index (Phi) is 3.67. The number of amides is 1.